The minimum absolute atomic E-state index is 0.733. The SMILES string of the molecule is B[PH2]1[C@H](c2ccccc2)CC[C@H]1c1ccccc1. The molecule has 0 unspecified atom stereocenters. The average Bonchev–Trinajstić information content (AvgIpc) is 2.83. The second kappa shape index (κ2) is 5.28. The molecular weight excluding hydrogens is 234 g/mol. The first kappa shape index (κ1) is 12.0. The zero-order chi connectivity index (χ0) is 12.4. The summed E-state index contributed by atoms with van der Waals surface area (Å²) in [6, 6.07) is 22.3. The van der Waals surface area contributed by atoms with E-state index in [-0.39, 0.29) is 0 Å². The zero-order valence-corrected chi connectivity index (χ0v) is 12.1. The van der Waals surface area contributed by atoms with Crippen LogP contribution in [0.5, 0.6) is 0 Å². The molecule has 3 rings (SSSR count). The third-order valence-electron chi connectivity index (χ3n) is 4.51. The molecule has 0 aliphatic carbocycles. The minimum atomic E-state index is -0.733. The molecule has 2 atom stereocenters. The van der Waals surface area contributed by atoms with Crippen molar-refractivity contribution < 1.29 is 0 Å². The van der Waals surface area contributed by atoms with Gasteiger partial charge in [0.2, 0.25) is 0 Å². The molecule has 0 N–H and O–H groups in total. The van der Waals surface area contributed by atoms with Crippen molar-refractivity contribution in [3.8, 4) is 0 Å². The molecule has 0 spiro atoms. The maximum atomic E-state index is 2.56. The van der Waals surface area contributed by atoms with Gasteiger partial charge >= 0.3 is 111 Å². The van der Waals surface area contributed by atoms with Crippen LogP contribution in [0.2, 0.25) is 0 Å². The Morgan fingerprint density at radius 3 is 1.50 bits per heavy atom. The Labute approximate surface area is 112 Å². The summed E-state index contributed by atoms with van der Waals surface area (Å²) < 4.78 is 0. The summed E-state index contributed by atoms with van der Waals surface area (Å²) in [5.74, 6) is 0. The molecule has 1 heterocycles. The van der Waals surface area contributed by atoms with Crippen LogP contribution in [-0.2, 0) is 0 Å². The van der Waals surface area contributed by atoms with E-state index in [4.69, 9.17) is 0 Å². The molecule has 0 amide bonds. The van der Waals surface area contributed by atoms with Gasteiger partial charge in [0.05, 0.1) is 0 Å². The standard InChI is InChI=1S/C16H20BP/c17-18-15(13-7-3-1-4-8-13)11-12-16(18)14-9-5-2-6-10-14/h1-10,15-16H,11-12,17-18H2/t15-,16-/m0/s1. The van der Waals surface area contributed by atoms with Crippen molar-refractivity contribution in [2.45, 2.75) is 24.2 Å². The van der Waals surface area contributed by atoms with Gasteiger partial charge in [-0.15, -0.1) is 0 Å². The van der Waals surface area contributed by atoms with E-state index < -0.39 is 7.80 Å². The Morgan fingerprint density at radius 1 is 0.722 bits per heavy atom. The summed E-state index contributed by atoms with van der Waals surface area (Å²) >= 11 is 0. The van der Waals surface area contributed by atoms with Crippen LogP contribution in [0.15, 0.2) is 60.7 Å². The van der Waals surface area contributed by atoms with Crippen LogP contribution < -0.4 is 0 Å². The van der Waals surface area contributed by atoms with Crippen LogP contribution in [0, 0.1) is 0 Å². The molecule has 92 valence electrons. The first-order valence-electron chi connectivity index (χ1n) is 6.96. The van der Waals surface area contributed by atoms with Crippen LogP contribution in [0.1, 0.15) is 35.3 Å². The fourth-order valence-electron chi connectivity index (χ4n) is 3.51. The molecule has 1 fully saturated rings. The average molecular weight is 254 g/mol. The fourth-order valence-corrected chi connectivity index (χ4v) is 7.16. The third kappa shape index (κ3) is 2.25. The monoisotopic (exact) mass is 254 g/mol. The molecule has 2 aromatic carbocycles. The van der Waals surface area contributed by atoms with Gasteiger partial charge in [0.15, 0.2) is 0 Å². The molecule has 2 aromatic rings. The third-order valence-corrected chi connectivity index (χ3v) is 8.49. The molecule has 2 heteroatoms. The van der Waals surface area contributed by atoms with Crippen LogP contribution in [0.25, 0.3) is 0 Å². The van der Waals surface area contributed by atoms with E-state index in [1.165, 1.54) is 12.8 Å². The van der Waals surface area contributed by atoms with E-state index >= 15 is 0 Å². The van der Waals surface area contributed by atoms with Gasteiger partial charge in [-0.1, -0.05) is 0 Å². The van der Waals surface area contributed by atoms with Gasteiger partial charge in [-0.05, 0) is 0 Å². The van der Waals surface area contributed by atoms with Gasteiger partial charge in [-0.2, -0.15) is 0 Å². The molecule has 0 saturated carbocycles. The van der Waals surface area contributed by atoms with Crippen LogP contribution in [0.3, 0.4) is 0 Å². The van der Waals surface area contributed by atoms with Crippen molar-refractivity contribution in [1.29, 1.82) is 0 Å². The zero-order valence-electron chi connectivity index (χ0n) is 10.9. The van der Waals surface area contributed by atoms with Gasteiger partial charge < -0.3 is 0 Å². The molecule has 18 heavy (non-hydrogen) atoms. The van der Waals surface area contributed by atoms with Crippen molar-refractivity contribution >= 4 is 15.4 Å². The Morgan fingerprint density at radius 2 is 1.11 bits per heavy atom. The van der Waals surface area contributed by atoms with Gasteiger partial charge in [-0.3, -0.25) is 0 Å². The van der Waals surface area contributed by atoms with Crippen molar-refractivity contribution in [2.75, 3.05) is 0 Å². The predicted octanol–water partition coefficient (Wildman–Crippen LogP) is 3.76. The van der Waals surface area contributed by atoms with Crippen LogP contribution in [0.4, 0.5) is 0 Å². The summed E-state index contributed by atoms with van der Waals surface area (Å²) in [5.41, 5.74) is 4.90. The first-order valence-corrected chi connectivity index (χ1v) is 9.45. The molecule has 1 aliphatic rings. The van der Waals surface area contributed by atoms with Crippen LogP contribution >= 0.6 is 7.80 Å². The molecule has 1 aliphatic heterocycles. The van der Waals surface area contributed by atoms with Crippen molar-refractivity contribution in [2.24, 2.45) is 0 Å². The first-order chi connectivity index (χ1) is 8.86. The topological polar surface area (TPSA) is 0 Å². The van der Waals surface area contributed by atoms with E-state index in [0.717, 1.165) is 11.3 Å². The molecule has 0 radical (unpaired) electrons. The van der Waals surface area contributed by atoms with Crippen molar-refractivity contribution in [3.05, 3.63) is 71.8 Å². The molecule has 0 aromatic heterocycles. The Kier molecular flexibility index (Phi) is 3.52. The van der Waals surface area contributed by atoms with Gasteiger partial charge in [-0.25, -0.2) is 0 Å². The van der Waals surface area contributed by atoms with E-state index in [1.54, 1.807) is 11.1 Å². The number of hydrogen-bond donors (Lipinski definition) is 0. The summed E-state index contributed by atoms with van der Waals surface area (Å²) in [7, 11) is 1.83. The Hall–Kier alpha value is -1.07. The summed E-state index contributed by atoms with van der Waals surface area (Å²) in [4.78, 5) is 0. The predicted molar refractivity (Wildman–Crippen MR) is 85.9 cm³/mol. The number of hydrogen-bond acceptors (Lipinski definition) is 0. The number of benzene rings is 2. The molecule has 1 saturated heterocycles. The van der Waals surface area contributed by atoms with Gasteiger partial charge in [0.25, 0.3) is 0 Å². The van der Waals surface area contributed by atoms with Gasteiger partial charge in [0.1, 0.15) is 0 Å². The second-order valence-electron chi connectivity index (χ2n) is 5.47. The van der Waals surface area contributed by atoms with E-state index in [9.17, 15) is 0 Å². The summed E-state index contributed by atoms with van der Waals surface area (Å²) in [5, 5.41) is 0. The maximum absolute atomic E-state index is 2.56. The van der Waals surface area contributed by atoms with Crippen molar-refractivity contribution in [1.82, 2.24) is 0 Å². The second-order valence-corrected chi connectivity index (χ2v) is 8.80. The normalized spacial score (nSPS) is 25.2. The molecule has 0 bridgehead atoms. The summed E-state index contributed by atoms with van der Waals surface area (Å²) in [6.07, 6.45) is 2.77. The number of rotatable bonds is 2. The molecular formula is C16H20BP. The molecule has 0 nitrogen and oxygen atoms in total. The van der Waals surface area contributed by atoms with E-state index in [1.807, 2.05) is 0 Å². The van der Waals surface area contributed by atoms with Crippen molar-refractivity contribution in [3.63, 3.8) is 0 Å². The fraction of sp³-hybridized carbons (Fsp3) is 0.250. The van der Waals surface area contributed by atoms with Gasteiger partial charge in [0, 0.05) is 0 Å². The van der Waals surface area contributed by atoms with Crippen LogP contribution in [-0.4, -0.2) is 7.57 Å². The quantitative estimate of drug-likeness (QED) is 0.565. The summed E-state index contributed by atoms with van der Waals surface area (Å²) in [6.45, 7) is 0. The Bertz CT molecular complexity index is 450. The van der Waals surface area contributed by atoms with E-state index in [2.05, 4.69) is 68.2 Å². The Balaban J connectivity index is 1.83. The van der Waals surface area contributed by atoms with E-state index in [0.29, 0.717) is 0 Å².